The zero-order valence-electron chi connectivity index (χ0n) is 22.4. The van der Waals surface area contributed by atoms with E-state index >= 15 is 0 Å². The largest absolute Gasteiger partial charge is 0.501 e. The van der Waals surface area contributed by atoms with Crippen molar-refractivity contribution in [3.05, 3.63) is 0 Å². The lowest BCUT2D eigenvalue weighted by Gasteiger charge is -2.42. The summed E-state index contributed by atoms with van der Waals surface area (Å²) in [4.78, 5) is 0. The Labute approximate surface area is 212 Å². The number of hydrogen-bond donors (Lipinski definition) is 0. The topological polar surface area (TPSA) is 98.9 Å². The second-order valence-electron chi connectivity index (χ2n) is 8.36. The molecule has 0 aromatic rings. The fourth-order valence-corrected chi connectivity index (χ4v) is 6.58. The van der Waals surface area contributed by atoms with Crippen molar-refractivity contribution in [2.24, 2.45) is 0 Å². The molecule has 2 fully saturated rings. The van der Waals surface area contributed by atoms with E-state index < -0.39 is 20.9 Å². The molecule has 208 valence electrons. The quantitative estimate of drug-likeness (QED) is 0.0766. The molecule has 0 aliphatic carbocycles. The Bertz CT molecular complexity index is 509. The van der Waals surface area contributed by atoms with Crippen molar-refractivity contribution in [3.63, 3.8) is 0 Å². The Morgan fingerprint density at radius 1 is 0.743 bits per heavy atom. The molecule has 2 aliphatic heterocycles. The van der Waals surface area contributed by atoms with Crippen LogP contribution in [0.3, 0.4) is 0 Å². The summed E-state index contributed by atoms with van der Waals surface area (Å²) in [7, 11) is -3.11. The first-order chi connectivity index (χ1) is 17.1. The van der Waals surface area contributed by atoms with E-state index in [0.717, 1.165) is 26.1 Å². The maximum Gasteiger partial charge on any atom is 0.501 e. The van der Waals surface area contributed by atoms with Crippen LogP contribution < -0.4 is 0 Å². The molecule has 2 rings (SSSR count). The lowest BCUT2D eigenvalue weighted by Crippen LogP contribution is -2.58. The first-order valence-corrected chi connectivity index (χ1v) is 15.3. The summed E-state index contributed by atoms with van der Waals surface area (Å²) in [6.07, 6.45) is 2.00. The van der Waals surface area contributed by atoms with Gasteiger partial charge in [-0.15, -0.1) is 0 Å². The predicted molar refractivity (Wildman–Crippen MR) is 131 cm³/mol. The van der Waals surface area contributed by atoms with Crippen LogP contribution in [0.1, 0.15) is 53.9 Å². The van der Waals surface area contributed by atoms with Crippen molar-refractivity contribution in [2.45, 2.75) is 84.2 Å². The lowest BCUT2D eigenvalue weighted by molar-refractivity contribution is -0.410. The highest BCUT2D eigenvalue weighted by molar-refractivity contribution is 6.60. The maximum absolute atomic E-state index is 6.78. The van der Waals surface area contributed by atoms with Gasteiger partial charge < -0.3 is 46.4 Å². The van der Waals surface area contributed by atoms with Gasteiger partial charge in [0.25, 0.3) is 0 Å². The predicted octanol–water partition coefficient (Wildman–Crippen LogP) is 3.15. The SMILES string of the molecule is CCOC(OCC)(OCC)C(CCCOCC1CO1)O[Si](CCCOCC1CO1)(OCC)OCC. The molecule has 0 N–H and O–H groups in total. The van der Waals surface area contributed by atoms with Gasteiger partial charge in [-0.25, -0.2) is 0 Å². The van der Waals surface area contributed by atoms with E-state index in [4.69, 9.17) is 46.4 Å². The average molecular weight is 525 g/mol. The molecule has 0 aromatic carbocycles. The van der Waals surface area contributed by atoms with Gasteiger partial charge in [0.15, 0.2) is 0 Å². The molecule has 3 atom stereocenters. The third-order valence-corrected chi connectivity index (χ3v) is 8.49. The fraction of sp³-hybridized carbons (Fsp3) is 1.00. The van der Waals surface area contributed by atoms with E-state index in [9.17, 15) is 0 Å². The fourth-order valence-electron chi connectivity index (χ4n) is 3.80. The van der Waals surface area contributed by atoms with E-state index in [1.54, 1.807) is 0 Å². The minimum Gasteiger partial charge on any atom is -0.379 e. The summed E-state index contributed by atoms with van der Waals surface area (Å²) in [6, 6.07) is 0.618. The van der Waals surface area contributed by atoms with Crippen molar-refractivity contribution in [2.75, 3.05) is 72.7 Å². The van der Waals surface area contributed by atoms with Gasteiger partial charge in [-0.1, -0.05) is 0 Å². The molecule has 0 amide bonds. The molecule has 0 bridgehead atoms. The van der Waals surface area contributed by atoms with E-state index in [1.807, 2.05) is 34.6 Å². The molecule has 2 heterocycles. The van der Waals surface area contributed by atoms with E-state index in [-0.39, 0.29) is 12.2 Å². The summed E-state index contributed by atoms with van der Waals surface area (Å²) in [6.45, 7) is 15.8. The molecule has 0 radical (unpaired) electrons. The highest BCUT2D eigenvalue weighted by Gasteiger charge is 2.51. The van der Waals surface area contributed by atoms with Crippen molar-refractivity contribution < 1.29 is 46.4 Å². The van der Waals surface area contributed by atoms with Crippen molar-refractivity contribution in [1.82, 2.24) is 0 Å². The second-order valence-corrected chi connectivity index (χ2v) is 11.0. The number of ether oxygens (including phenoxy) is 7. The van der Waals surface area contributed by atoms with E-state index in [0.29, 0.717) is 71.9 Å². The van der Waals surface area contributed by atoms with Gasteiger partial charge >= 0.3 is 14.8 Å². The Kier molecular flexibility index (Phi) is 15.4. The third-order valence-electron chi connectivity index (χ3n) is 5.42. The van der Waals surface area contributed by atoms with Gasteiger partial charge in [-0.05, 0) is 53.9 Å². The molecular weight excluding hydrogens is 476 g/mol. The second kappa shape index (κ2) is 17.3. The molecule has 11 heteroatoms. The molecule has 0 aromatic heterocycles. The normalized spacial score (nSPS) is 20.8. The molecule has 0 saturated carbocycles. The lowest BCUT2D eigenvalue weighted by atomic mass is 10.1. The summed E-state index contributed by atoms with van der Waals surface area (Å²) in [5.41, 5.74) is 0. The van der Waals surface area contributed by atoms with Crippen LogP contribution in [0.15, 0.2) is 0 Å². The average Bonchev–Trinajstić information content (AvgIpc) is 3.74. The monoisotopic (exact) mass is 524 g/mol. The van der Waals surface area contributed by atoms with Crippen LogP contribution in [-0.4, -0.2) is 106 Å². The zero-order chi connectivity index (χ0) is 25.4. The molecule has 10 nitrogen and oxygen atoms in total. The standard InChI is InChI=1S/C24H48O10Si/c1-6-29-24(30-7-2,31-8-3)23(13-11-14-25-17-21-19-27-21)34-35(32-9-4,33-10-5)16-12-15-26-18-22-20-28-22/h21-23H,6-20H2,1-5H3. The molecule has 0 spiro atoms. The van der Waals surface area contributed by atoms with E-state index in [1.165, 1.54) is 0 Å². The minimum absolute atomic E-state index is 0.237. The van der Waals surface area contributed by atoms with E-state index in [2.05, 4.69) is 0 Å². The molecule has 2 saturated heterocycles. The Hall–Kier alpha value is -0.183. The van der Waals surface area contributed by atoms with Gasteiger partial charge in [-0.3, -0.25) is 0 Å². The number of epoxide rings is 2. The van der Waals surface area contributed by atoms with Crippen LogP contribution in [0.4, 0.5) is 0 Å². The van der Waals surface area contributed by atoms with Gasteiger partial charge in [0.2, 0.25) is 0 Å². The van der Waals surface area contributed by atoms with Gasteiger partial charge in [0.1, 0.15) is 18.3 Å². The zero-order valence-corrected chi connectivity index (χ0v) is 23.4. The van der Waals surface area contributed by atoms with Crippen LogP contribution in [0.2, 0.25) is 6.04 Å². The Balaban J connectivity index is 2.12. The van der Waals surface area contributed by atoms with Crippen LogP contribution in [0, 0.1) is 0 Å². The first kappa shape index (κ1) is 31.0. The van der Waals surface area contributed by atoms with Crippen molar-refractivity contribution in [1.29, 1.82) is 0 Å². The van der Waals surface area contributed by atoms with Gasteiger partial charge in [-0.2, -0.15) is 0 Å². The highest BCUT2D eigenvalue weighted by Crippen LogP contribution is 2.32. The minimum atomic E-state index is -3.11. The smallest absolute Gasteiger partial charge is 0.379 e. The molecular formula is C24H48O10Si. The van der Waals surface area contributed by atoms with Gasteiger partial charge in [0.05, 0.1) is 26.4 Å². The highest BCUT2D eigenvalue weighted by atomic mass is 28.4. The Morgan fingerprint density at radius 3 is 1.66 bits per heavy atom. The van der Waals surface area contributed by atoms with Crippen LogP contribution in [0.25, 0.3) is 0 Å². The van der Waals surface area contributed by atoms with Crippen molar-refractivity contribution >= 4 is 8.80 Å². The van der Waals surface area contributed by atoms with Crippen LogP contribution >= 0.6 is 0 Å². The van der Waals surface area contributed by atoms with Crippen LogP contribution in [-0.2, 0) is 46.4 Å². The summed E-state index contributed by atoms with van der Waals surface area (Å²) >= 11 is 0. The third kappa shape index (κ3) is 11.8. The van der Waals surface area contributed by atoms with Crippen molar-refractivity contribution in [3.8, 4) is 0 Å². The van der Waals surface area contributed by atoms with Gasteiger partial charge in [0, 0.05) is 52.3 Å². The number of hydrogen-bond acceptors (Lipinski definition) is 10. The summed E-state index contributed by atoms with van der Waals surface area (Å²) < 4.78 is 59.5. The molecule has 2 aliphatic rings. The summed E-state index contributed by atoms with van der Waals surface area (Å²) in [5, 5.41) is 0. The van der Waals surface area contributed by atoms with Crippen LogP contribution in [0.5, 0.6) is 0 Å². The summed E-state index contributed by atoms with van der Waals surface area (Å²) in [5.74, 6) is -1.36. The maximum atomic E-state index is 6.78. The Morgan fingerprint density at radius 2 is 1.23 bits per heavy atom. The molecule has 35 heavy (non-hydrogen) atoms. The number of rotatable bonds is 25. The first-order valence-electron chi connectivity index (χ1n) is 13.3. The molecule has 3 unspecified atom stereocenters.